The van der Waals surface area contributed by atoms with Gasteiger partial charge in [-0.25, -0.2) is 19.2 Å². The molecule has 1 fully saturated rings. The first-order valence-corrected chi connectivity index (χ1v) is 8.62. The second kappa shape index (κ2) is 6.13. The van der Waals surface area contributed by atoms with Gasteiger partial charge in [0.05, 0.1) is 12.9 Å². The van der Waals surface area contributed by atoms with Crippen molar-refractivity contribution in [2.45, 2.75) is 24.5 Å². The highest BCUT2D eigenvalue weighted by Crippen LogP contribution is 2.47. The maximum atomic E-state index is 11.9. The molecule has 0 saturated carbocycles. The van der Waals surface area contributed by atoms with E-state index in [4.69, 9.17) is 22.1 Å². The van der Waals surface area contributed by atoms with Gasteiger partial charge in [0, 0.05) is 0 Å². The van der Waals surface area contributed by atoms with E-state index in [1.54, 1.807) is 0 Å². The highest BCUT2D eigenvalue weighted by atomic mass is 32.1. The van der Waals surface area contributed by atoms with Crippen LogP contribution in [-0.4, -0.2) is 76.2 Å². The van der Waals surface area contributed by atoms with Crippen molar-refractivity contribution in [3.05, 3.63) is 11.0 Å². The second-order valence-corrected chi connectivity index (χ2v) is 6.92. The molecule has 132 valence electrons. The number of H-pyrrole nitrogens is 2. The first-order valence-electron chi connectivity index (χ1n) is 6.65. The SMILES string of the molecule is O=P(O)(O)N(c1nc(=S)c2[nH]cnc2[nH]1)C1O[C@H](CO)[C@@H](O)[C@H]1O. The molecule has 1 unspecified atom stereocenters. The van der Waals surface area contributed by atoms with Crippen LogP contribution in [0.4, 0.5) is 5.95 Å². The molecule has 0 aromatic carbocycles. The fourth-order valence-corrected chi connectivity index (χ4v) is 3.49. The molecule has 12 nitrogen and oxygen atoms in total. The molecule has 0 spiro atoms. The monoisotopic (exact) mass is 379 g/mol. The lowest BCUT2D eigenvalue weighted by Crippen LogP contribution is -2.43. The fraction of sp³-hybridized carbons (Fsp3) is 0.500. The summed E-state index contributed by atoms with van der Waals surface area (Å²) in [6.07, 6.45) is -4.79. The summed E-state index contributed by atoms with van der Waals surface area (Å²) in [7, 11) is -5.05. The van der Waals surface area contributed by atoms with Crippen molar-refractivity contribution in [3.63, 3.8) is 0 Å². The van der Waals surface area contributed by atoms with Gasteiger partial charge in [-0.1, -0.05) is 12.2 Å². The zero-order chi connectivity index (χ0) is 17.6. The van der Waals surface area contributed by atoms with Gasteiger partial charge in [0.15, 0.2) is 16.5 Å². The summed E-state index contributed by atoms with van der Waals surface area (Å²) in [5.74, 6) is -0.400. The van der Waals surface area contributed by atoms with Crippen molar-refractivity contribution >= 4 is 37.1 Å². The van der Waals surface area contributed by atoms with E-state index in [2.05, 4.69) is 19.9 Å². The minimum atomic E-state index is -5.05. The van der Waals surface area contributed by atoms with Crippen LogP contribution in [0, 0.1) is 4.64 Å². The average molecular weight is 379 g/mol. The molecule has 4 atom stereocenters. The van der Waals surface area contributed by atoms with Crippen molar-refractivity contribution in [3.8, 4) is 0 Å². The van der Waals surface area contributed by atoms with Crippen molar-refractivity contribution in [1.29, 1.82) is 0 Å². The minimum absolute atomic E-state index is 0.0126. The maximum absolute atomic E-state index is 11.9. The van der Waals surface area contributed by atoms with Crippen LogP contribution in [0.2, 0.25) is 0 Å². The van der Waals surface area contributed by atoms with Crippen LogP contribution in [0.3, 0.4) is 0 Å². The van der Waals surface area contributed by atoms with Crippen LogP contribution >= 0.6 is 20.0 Å². The molecule has 1 aliphatic heterocycles. The Kier molecular flexibility index (Phi) is 4.44. The number of hydrogen-bond donors (Lipinski definition) is 7. The van der Waals surface area contributed by atoms with Crippen LogP contribution in [0.25, 0.3) is 11.2 Å². The van der Waals surface area contributed by atoms with Crippen molar-refractivity contribution < 1.29 is 34.4 Å². The zero-order valence-corrected chi connectivity index (χ0v) is 13.6. The Morgan fingerprint density at radius 1 is 1.38 bits per heavy atom. The second-order valence-electron chi connectivity index (χ2n) is 5.08. The first-order chi connectivity index (χ1) is 11.2. The standard InChI is InChI=1S/C10H14N5O7PS/c16-1-3-5(17)6(18)9(22-3)15(23(19,20)21)10-13-7-4(8(24)14-10)11-2-12-7/h2-3,5-6,9,16-18H,1H2,(H2,19,20,21)(H2,11,12,13,14,24)/t3-,5-,6-,9?/m1/s1. The predicted molar refractivity (Wildman–Crippen MR) is 81.4 cm³/mol. The van der Waals surface area contributed by atoms with Gasteiger partial charge in [0.25, 0.3) is 0 Å². The van der Waals surface area contributed by atoms with Crippen LogP contribution in [0.1, 0.15) is 0 Å². The van der Waals surface area contributed by atoms with E-state index in [9.17, 15) is 24.6 Å². The number of rotatable bonds is 4. The van der Waals surface area contributed by atoms with E-state index in [1.165, 1.54) is 6.33 Å². The Labute approximate surface area is 139 Å². The third-order valence-electron chi connectivity index (χ3n) is 3.55. The number of ether oxygens (including phenoxy) is 1. The summed E-state index contributed by atoms with van der Waals surface area (Å²) in [5.41, 5.74) is 0.552. The third kappa shape index (κ3) is 2.85. The normalized spacial score (nSPS) is 27.7. The van der Waals surface area contributed by atoms with Gasteiger partial charge in [0.2, 0.25) is 5.95 Å². The summed E-state index contributed by atoms with van der Waals surface area (Å²) >= 11 is 5.04. The molecule has 7 N–H and O–H groups in total. The minimum Gasteiger partial charge on any atom is -0.394 e. The molecule has 14 heteroatoms. The number of fused-ring (bicyclic) bond motifs is 1. The summed E-state index contributed by atoms with van der Waals surface area (Å²) < 4.78 is 17.4. The molecular formula is C10H14N5O7PS. The Hall–Kier alpha value is -1.44. The predicted octanol–water partition coefficient (Wildman–Crippen LogP) is -1.65. The van der Waals surface area contributed by atoms with Gasteiger partial charge in [-0.15, -0.1) is 0 Å². The van der Waals surface area contributed by atoms with E-state index >= 15 is 0 Å². The Balaban J connectivity index is 2.10. The van der Waals surface area contributed by atoms with E-state index in [1.807, 2.05) is 0 Å². The van der Waals surface area contributed by atoms with E-state index < -0.39 is 44.8 Å². The van der Waals surface area contributed by atoms with Crippen LogP contribution in [0.15, 0.2) is 6.33 Å². The van der Waals surface area contributed by atoms with Crippen molar-refractivity contribution in [1.82, 2.24) is 19.9 Å². The summed E-state index contributed by atoms with van der Waals surface area (Å²) in [4.78, 5) is 32.4. The molecule has 1 aliphatic rings. The summed E-state index contributed by atoms with van der Waals surface area (Å²) in [6.45, 7) is -0.647. The van der Waals surface area contributed by atoms with Gasteiger partial charge in [-0.3, -0.25) is 0 Å². The fourth-order valence-electron chi connectivity index (χ4n) is 2.42. The van der Waals surface area contributed by atoms with Gasteiger partial charge < -0.3 is 39.8 Å². The molecule has 0 radical (unpaired) electrons. The molecule has 0 aliphatic carbocycles. The number of imidazole rings is 1. The molecule has 2 aromatic heterocycles. The average Bonchev–Trinajstić information content (AvgIpc) is 3.06. The van der Waals surface area contributed by atoms with Crippen LogP contribution in [-0.2, 0) is 9.30 Å². The number of hydrogen-bond acceptors (Lipinski definition) is 8. The Morgan fingerprint density at radius 3 is 2.67 bits per heavy atom. The first kappa shape index (κ1) is 17.4. The summed E-state index contributed by atoms with van der Waals surface area (Å²) in [6, 6.07) is 0. The summed E-state index contributed by atoms with van der Waals surface area (Å²) in [5, 5.41) is 29.0. The number of aliphatic hydroxyl groups excluding tert-OH is 3. The molecule has 0 bridgehead atoms. The number of aliphatic hydroxyl groups is 3. The van der Waals surface area contributed by atoms with Gasteiger partial charge in [-0.2, -0.15) is 0 Å². The zero-order valence-electron chi connectivity index (χ0n) is 11.8. The molecule has 3 rings (SSSR count). The van der Waals surface area contributed by atoms with Crippen LogP contribution in [0.5, 0.6) is 0 Å². The maximum Gasteiger partial charge on any atom is 0.434 e. The quantitative estimate of drug-likeness (QED) is 0.238. The van der Waals surface area contributed by atoms with Crippen molar-refractivity contribution in [2.24, 2.45) is 0 Å². The topological polar surface area (TPSA) is 188 Å². The molecule has 24 heavy (non-hydrogen) atoms. The third-order valence-corrected chi connectivity index (χ3v) is 4.82. The Morgan fingerprint density at radius 2 is 2.08 bits per heavy atom. The molecule has 1 saturated heterocycles. The molecular weight excluding hydrogens is 365 g/mol. The Bertz CT molecular complexity index is 851. The van der Waals surface area contributed by atoms with Crippen LogP contribution < -0.4 is 4.67 Å². The number of nitrogens with zero attached hydrogens (tertiary/aromatic N) is 3. The van der Waals surface area contributed by atoms with Gasteiger partial charge >= 0.3 is 7.75 Å². The number of aromatic nitrogens is 4. The van der Waals surface area contributed by atoms with E-state index in [-0.39, 0.29) is 10.3 Å². The van der Waals surface area contributed by atoms with E-state index in [0.29, 0.717) is 10.2 Å². The number of anilines is 1. The van der Waals surface area contributed by atoms with E-state index in [0.717, 1.165) is 0 Å². The molecule has 0 amide bonds. The largest absolute Gasteiger partial charge is 0.434 e. The lowest BCUT2D eigenvalue weighted by Gasteiger charge is -2.30. The van der Waals surface area contributed by atoms with Crippen molar-refractivity contribution in [2.75, 3.05) is 11.3 Å². The molecule has 2 aromatic rings. The van der Waals surface area contributed by atoms with Gasteiger partial charge in [0.1, 0.15) is 23.8 Å². The highest BCUT2D eigenvalue weighted by Gasteiger charge is 2.50. The smallest absolute Gasteiger partial charge is 0.394 e. The number of nitrogens with one attached hydrogen (secondary N) is 2. The lowest BCUT2D eigenvalue weighted by molar-refractivity contribution is -0.0199. The number of aromatic amines is 2. The highest BCUT2D eigenvalue weighted by molar-refractivity contribution is 7.71. The molecule has 3 heterocycles. The lowest BCUT2D eigenvalue weighted by atomic mass is 10.1. The van der Waals surface area contributed by atoms with Gasteiger partial charge in [-0.05, 0) is 0 Å².